The lowest BCUT2D eigenvalue weighted by molar-refractivity contribution is -0.438. The number of ether oxygens (including phenoxy) is 3. The Labute approximate surface area is 98.5 Å². The maximum Gasteiger partial charge on any atom is 0.303 e. The number of rotatable bonds is 4. The van der Waals surface area contributed by atoms with Gasteiger partial charge in [0.25, 0.3) is 5.70 Å². The maximum atomic E-state index is 10.9. The molecule has 1 aliphatic rings. The number of hydrogen-bond donors (Lipinski definition) is 0. The fraction of sp³-hybridized carbons (Fsp3) is 0.700. The quantitative estimate of drug-likeness (QED) is 0.420. The van der Waals surface area contributed by atoms with Crippen molar-refractivity contribution < 1.29 is 23.9 Å². The minimum atomic E-state index is -0.785. The molecule has 2 atom stereocenters. The molecule has 7 heteroatoms. The Morgan fingerprint density at radius 3 is 2.76 bits per heavy atom. The van der Waals surface area contributed by atoms with E-state index in [4.69, 9.17) is 14.2 Å². The number of carbonyl (C=O) groups excluding carboxylic acids is 1. The Bertz CT molecular complexity index is 351. The van der Waals surface area contributed by atoms with E-state index in [1.165, 1.54) is 13.8 Å². The van der Waals surface area contributed by atoms with Gasteiger partial charge in [-0.15, -0.1) is 0 Å². The van der Waals surface area contributed by atoms with E-state index in [9.17, 15) is 14.9 Å². The second-order valence-corrected chi connectivity index (χ2v) is 3.55. The molecule has 7 nitrogen and oxygen atoms in total. The lowest BCUT2D eigenvalue weighted by Gasteiger charge is -2.29. The standard InChI is InChI=1S/C10H15NO6/c1-4-15-10-9(17-7(3)12)5-8(11(13)14)6(2)16-10/h9-10H,4-5H2,1-3H3/t9-,10-/m1/s1. The van der Waals surface area contributed by atoms with Crippen molar-refractivity contribution in [2.45, 2.75) is 39.6 Å². The van der Waals surface area contributed by atoms with Crippen LogP contribution in [0.5, 0.6) is 0 Å². The molecule has 96 valence electrons. The topological polar surface area (TPSA) is 87.9 Å². The molecule has 0 saturated carbocycles. The first-order valence-electron chi connectivity index (χ1n) is 5.25. The van der Waals surface area contributed by atoms with Gasteiger partial charge in [-0.1, -0.05) is 0 Å². The van der Waals surface area contributed by atoms with Crippen LogP contribution >= 0.6 is 0 Å². The molecule has 0 unspecified atom stereocenters. The van der Waals surface area contributed by atoms with Crippen LogP contribution in [0.25, 0.3) is 0 Å². The van der Waals surface area contributed by atoms with E-state index in [0.29, 0.717) is 6.61 Å². The average molecular weight is 245 g/mol. The van der Waals surface area contributed by atoms with Crippen LogP contribution in [0.15, 0.2) is 11.5 Å². The number of nitro groups is 1. The molecule has 17 heavy (non-hydrogen) atoms. The Kier molecular flexibility index (Phi) is 4.45. The highest BCUT2D eigenvalue weighted by Crippen LogP contribution is 2.27. The summed E-state index contributed by atoms with van der Waals surface area (Å²) < 4.78 is 15.4. The van der Waals surface area contributed by atoms with Gasteiger partial charge in [0.2, 0.25) is 6.29 Å². The molecule has 1 aliphatic heterocycles. The summed E-state index contributed by atoms with van der Waals surface area (Å²) in [6.45, 7) is 4.86. The lowest BCUT2D eigenvalue weighted by Crippen LogP contribution is -2.39. The fourth-order valence-electron chi connectivity index (χ4n) is 1.57. The minimum absolute atomic E-state index is 0.0108. The monoisotopic (exact) mass is 245 g/mol. The van der Waals surface area contributed by atoms with Gasteiger partial charge in [0.15, 0.2) is 11.9 Å². The zero-order chi connectivity index (χ0) is 13.0. The van der Waals surface area contributed by atoms with E-state index in [-0.39, 0.29) is 17.9 Å². The number of esters is 1. The molecule has 1 heterocycles. The van der Waals surface area contributed by atoms with Gasteiger partial charge in [-0.2, -0.15) is 0 Å². The summed E-state index contributed by atoms with van der Waals surface area (Å²) in [7, 11) is 0. The third kappa shape index (κ3) is 3.42. The van der Waals surface area contributed by atoms with Crippen molar-refractivity contribution in [2.75, 3.05) is 6.61 Å². The number of allylic oxidation sites excluding steroid dienone is 1. The van der Waals surface area contributed by atoms with E-state index in [1.54, 1.807) is 6.92 Å². The zero-order valence-corrected chi connectivity index (χ0v) is 9.97. The molecular weight excluding hydrogens is 230 g/mol. The summed E-state index contributed by atoms with van der Waals surface area (Å²) in [5, 5.41) is 10.7. The van der Waals surface area contributed by atoms with Crippen LogP contribution in [0.2, 0.25) is 0 Å². The second kappa shape index (κ2) is 5.62. The molecule has 0 N–H and O–H groups in total. The van der Waals surface area contributed by atoms with Gasteiger partial charge in [0.1, 0.15) is 0 Å². The van der Waals surface area contributed by atoms with E-state index >= 15 is 0 Å². The summed E-state index contributed by atoms with van der Waals surface area (Å²) >= 11 is 0. The summed E-state index contributed by atoms with van der Waals surface area (Å²) in [5.74, 6) is -0.331. The highest BCUT2D eigenvalue weighted by molar-refractivity contribution is 5.66. The van der Waals surface area contributed by atoms with Crippen molar-refractivity contribution in [3.05, 3.63) is 21.6 Å². The van der Waals surface area contributed by atoms with Crippen LogP contribution in [-0.2, 0) is 19.0 Å². The summed E-state index contributed by atoms with van der Waals surface area (Å²) in [6.07, 6.45) is -1.58. The summed E-state index contributed by atoms with van der Waals surface area (Å²) in [5.41, 5.74) is -0.0906. The minimum Gasteiger partial charge on any atom is -0.459 e. The SMILES string of the molecule is CCO[C@@H]1OC(C)=C([N+](=O)[O-])C[C@H]1OC(C)=O. The third-order valence-corrected chi connectivity index (χ3v) is 2.27. The molecule has 0 amide bonds. The van der Waals surface area contributed by atoms with Crippen molar-refractivity contribution in [2.24, 2.45) is 0 Å². The molecule has 1 rings (SSSR count). The van der Waals surface area contributed by atoms with Gasteiger partial charge in [-0.3, -0.25) is 14.9 Å². The molecule has 0 spiro atoms. The molecule has 0 aromatic carbocycles. The predicted octanol–water partition coefficient (Wildman–Crippen LogP) is 1.21. The van der Waals surface area contributed by atoms with E-state index < -0.39 is 23.3 Å². The van der Waals surface area contributed by atoms with Gasteiger partial charge in [0.05, 0.1) is 11.3 Å². The molecular formula is C10H15NO6. The van der Waals surface area contributed by atoms with E-state index in [1.807, 2.05) is 0 Å². The van der Waals surface area contributed by atoms with Crippen molar-refractivity contribution in [3.63, 3.8) is 0 Å². The molecule has 0 aromatic rings. The Hall–Kier alpha value is -1.63. The number of hydrogen-bond acceptors (Lipinski definition) is 6. The molecule has 0 fully saturated rings. The highest BCUT2D eigenvalue weighted by atomic mass is 16.7. The second-order valence-electron chi connectivity index (χ2n) is 3.55. The zero-order valence-electron chi connectivity index (χ0n) is 9.97. The smallest absolute Gasteiger partial charge is 0.303 e. The van der Waals surface area contributed by atoms with Crippen molar-refractivity contribution in [3.8, 4) is 0 Å². The first-order valence-corrected chi connectivity index (χ1v) is 5.25. The number of nitrogens with zero attached hydrogens (tertiary/aromatic N) is 1. The molecule has 0 aromatic heterocycles. The van der Waals surface area contributed by atoms with Crippen LogP contribution in [0.3, 0.4) is 0 Å². The molecule has 0 saturated heterocycles. The maximum absolute atomic E-state index is 10.9. The van der Waals surface area contributed by atoms with Gasteiger partial charge >= 0.3 is 5.97 Å². The van der Waals surface area contributed by atoms with Gasteiger partial charge in [-0.25, -0.2) is 0 Å². The van der Waals surface area contributed by atoms with Crippen LogP contribution < -0.4 is 0 Å². The molecule has 0 aliphatic carbocycles. The van der Waals surface area contributed by atoms with Crippen molar-refractivity contribution in [1.29, 1.82) is 0 Å². The van der Waals surface area contributed by atoms with Crippen LogP contribution in [0.4, 0.5) is 0 Å². The van der Waals surface area contributed by atoms with Crippen LogP contribution in [-0.4, -0.2) is 29.9 Å². The molecule has 0 bridgehead atoms. The van der Waals surface area contributed by atoms with Crippen LogP contribution in [0.1, 0.15) is 27.2 Å². The third-order valence-electron chi connectivity index (χ3n) is 2.27. The normalized spacial score (nSPS) is 24.2. The van der Waals surface area contributed by atoms with Gasteiger partial charge < -0.3 is 14.2 Å². The molecule has 0 radical (unpaired) electrons. The highest BCUT2D eigenvalue weighted by Gasteiger charge is 2.38. The Morgan fingerprint density at radius 2 is 2.29 bits per heavy atom. The first-order chi connectivity index (χ1) is 7.95. The van der Waals surface area contributed by atoms with E-state index in [0.717, 1.165) is 0 Å². The van der Waals surface area contributed by atoms with Crippen LogP contribution in [0, 0.1) is 10.1 Å². The largest absolute Gasteiger partial charge is 0.459 e. The van der Waals surface area contributed by atoms with Crippen molar-refractivity contribution >= 4 is 5.97 Å². The summed E-state index contributed by atoms with van der Waals surface area (Å²) in [4.78, 5) is 21.1. The fourth-order valence-corrected chi connectivity index (χ4v) is 1.57. The first kappa shape index (κ1) is 13.4. The average Bonchev–Trinajstić information content (AvgIpc) is 2.21. The predicted molar refractivity (Wildman–Crippen MR) is 56.4 cm³/mol. The Balaban J connectivity index is 2.86. The van der Waals surface area contributed by atoms with Crippen molar-refractivity contribution in [1.82, 2.24) is 0 Å². The summed E-state index contributed by atoms with van der Waals surface area (Å²) in [6, 6.07) is 0. The number of carbonyl (C=O) groups is 1. The van der Waals surface area contributed by atoms with E-state index in [2.05, 4.69) is 0 Å². The lowest BCUT2D eigenvalue weighted by atomic mass is 10.1. The Morgan fingerprint density at radius 1 is 1.65 bits per heavy atom. The van der Waals surface area contributed by atoms with Gasteiger partial charge in [-0.05, 0) is 6.92 Å². The van der Waals surface area contributed by atoms with Gasteiger partial charge in [0, 0.05) is 20.5 Å².